The number of anilines is 1. The molecule has 0 bridgehead atoms. The Morgan fingerprint density at radius 1 is 1.39 bits per heavy atom. The van der Waals surface area contributed by atoms with Crippen molar-refractivity contribution < 1.29 is 4.79 Å². The van der Waals surface area contributed by atoms with Crippen molar-refractivity contribution >= 4 is 23.2 Å². The lowest BCUT2D eigenvalue weighted by atomic mass is 10.3. The molecule has 2 rings (SSSR count). The Balaban J connectivity index is 1.99. The molecule has 0 aliphatic rings. The van der Waals surface area contributed by atoms with Crippen LogP contribution in [-0.2, 0) is 17.8 Å². The summed E-state index contributed by atoms with van der Waals surface area (Å²) >= 11 is 5.78. The number of hydrogen-bond donors (Lipinski definition) is 1. The van der Waals surface area contributed by atoms with Crippen molar-refractivity contribution in [2.45, 2.75) is 19.9 Å². The van der Waals surface area contributed by atoms with E-state index in [1.807, 2.05) is 11.5 Å². The van der Waals surface area contributed by atoms with E-state index in [1.54, 1.807) is 36.7 Å². The predicted octanol–water partition coefficient (Wildman–Crippen LogP) is 2.74. The van der Waals surface area contributed by atoms with Crippen LogP contribution in [0.25, 0.3) is 0 Å². The smallest absolute Gasteiger partial charge is 0.244 e. The molecule has 1 heterocycles. The third-order valence-corrected chi connectivity index (χ3v) is 2.81. The van der Waals surface area contributed by atoms with Crippen LogP contribution in [0, 0.1) is 0 Å². The standard InChI is InChI=1S/C13H14ClN3O/c1-2-12-15-7-8-17(12)9-13(18)16-11-5-3-10(14)4-6-11/h3-8H,2,9H2,1H3,(H,16,18). The van der Waals surface area contributed by atoms with Gasteiger partial charge in [0.1, 0.15) is 12.4 Å². The first-order chi connectivity index (χ1) is 8.69. The average Bonchev–Trinajstić information content (AvgIpc) is 2.79. The van der Waals surface area contributed by atoms with Crippen molar-refractivity contribution in [2.75, 3.05) is 5.32 Å². The first-order valence-corrected chi connectivity index (χ1v) is 6.12. The van der Waals surface area contributed by atoms with E-state index in [-0.39, 0.29) is 12.5 Å². The number of benzene rings is 1. The number of hydrogen-bond acceptors (Lipinski definition) is 2. The number of nitrogens with one attached hydrogen (secondary N) is 1. The number of halogens is 1. The minimum Gasteiger partial charge on any atom is -0.326 e. The number of aryl methyl sites for hydroxylation is 1. The van der Waals surface area contributed by atoms with Crippen LogP contribution in [0.15, 0.2) is 36.7 Å². The Bertz CT molecular complexity index is 533. The second-order valence-electron chi connectivity index (χ2n) is 3.88. The van der Waals surface area contributed by atoms with Crippen LogP contribution in [0.5, 0.6) is 0 Å². The van der Waals surface area contributed by atoms with Gasteiger partial charge >= 0.3 is 0 Å². The van der Waals surface area contributed by atoms with Crippen LogP contribution in [0.1, 0.15) is 12.7 Å². The van der Waals surface area contributed by atoms with E-state index in [0.29, 0.717) is 5.02 Å². The number of imidazole rings is 1. The quantitative estimate of drug-likeness (QED) is 0.922. The molecule has 1 aromatic heterocycles. The van der Waals surface area contributed by atoms with Gasteiger partial charge in [0.05, 0.1) is 0 Å². The highest BCUT2D eigenvalue weighted by atomic mass is 35.5. The Kier molecular flexibility index (Phi) is 3.99. The summed E-state index contributed by atoms with van der Waals surface area (Å²) in [6.45, 7) is 2.28. The maximum atomic E-state index is 11.8. The van der Waals surface area contributed by atoms with Gasteiger partial charge in [0.2, 0.25) is 5.91 Å². The number of amides is 1. The number of rotatable bonds is 4. The van der Waals surface area contributed by atoms with Crippen molar-refractivity contribution in [3.63, 3.8) is 0 Å². The van der Waals surface area contributed by atoms with Gasteiger partial charge < -0.3 is 9.88 Å². The highest BCUT2D eigenvalue weighted by Gasteiger charge is 2.06. The van der Waals surface area contributed by atoms with Gasteiger partial charge in [0.15, 0.2) is 0 Å². The van der Waals surface area contributed by atoms with Crippen molar-refractivity contribution in [3.05, 3.63) is 47.5 Å². The summed E-state index contributed by atoms with van der Waals surface area (Å²) < 4.78 is 1.84. The van der Waals surface area contributed by atoms with Crippen molar-refractivity contribution in [3.8, 4) is 0 Å². The Hall–Kier alpha value is -1.81. The van der Waals surface area contributed by atoms with Crippen molar-refractivity contribution in [1.29, 1.82) is 0 Å². The lowest BCUT2D eigenvalue weighted by Gasteiger charge is -2.08. The fourth-order valence-electron chi connectivity index (χ4n) is 1.69. The lowest BCUT2D eigenvalue weighted by Crippen LogP contribution is -2.19. The van der Waals surface area contributed by atoms with Gasteiger partial charge in [-0.3, -0.25) is 4.79 Å². The lowest BCUT2D eigenvalue weighted by molar-refractivity contribution is -0.116. The van der Waals surface area contributed by atoms with E-state index >= 15 is 0 Å². The summed E-state index contributed by atoms with van der Waals surface area (Å²) in [6.07, 6.45) is 4.32. The molecule has 0 atom stereocenters. The zero-order valence-electron chi connectivity index (χ0n) is 10.1. The van der Waals surface area contributed by atoms with Crippen LogP contribution >= 0.6 is 11.6 Å². The van der Waals surface area contributed by atoms with Gasteiger partial charge in [-0.25, -0.2) is 4.98 Å². The summed E-state index contributed by atoms with van der Waals surface area (Å²) in [5, 5.41) is 3.46. The number of carbonyl (C=O) groups excluding carboxylic acids is 1. The molecular formula is C13H14ClN3O. The van der Waals surface area contributed by atoms with Gasteiger partial charge in [-0.1, -0.05) is 18.5 Å². The molecule has 0 unspecified atom stereocenters. The summed E-state index contributed by atoms with van der Waals surface area (Å²) in [7, 11) is 0. The monoisotopic (exact) mass is 263 g/mol. The molecule has 18 heavy (non-hydrogen) atoms. The molecule has 4 nitrogen and oxygen atoms in total. The minimum atomic E-state index is -0.0787. The first kappa shape index (κ1) is 12.6. The topological polar surface area (TPSA) is 46.9 Å². The summed E-state index contributed by atoms with van der Waals surface area (Å²) in [6, 6.07) is 7.03. The SMILES string of the molecule is CCc1nccn1CC(=O)Nc1ccc(Cl)cc1. The third kappa shape index (κ3) is 3.11. The van der Waals surface area contributed by atoms with E-state index in [2.05, 4.69) is 10.3 Å². The molecule has 0 spiro atoms. The summed E-state index contributed by atoms with van der Waals surface area (Å²) in [4.78, 5) is 16.0. The van der Waals surface area contributed by atoms with Gasteiger partial charge in [-0.2, -0.15) is 0 Å². The molecule has 0 aliphatic carbocycles. The van der Waals surface area contributed by atoms with Crippen LogP contribution in [0.3, 0.4) is 0 Å². The molecule has 0 fully saturated rings. The molecule has 0 aliphatic heterocycles. The highest BCUT2D eigenvalue weighted by molar-refractivity contribution is 6.30. The average molecular weight is 264 g/mol. The highest BCUT2D eigenvalue weighted by Crippen LogP contribution is 2.13. The van der Waals surface area contributed by atoms with Gasteiger partial charge in [0, 0.05) is 29.5 Å². The van der Waals surface area contributed by atoms with E-state index in [9.17, 15) is 4.79 Å². The number of carbonyl (C=O) groups is 1. The van der Waals surface area contributed by atoms with Crippen molar-refractivity contribution in [2.24, 2.45) is 0 Å². The molecule has 0 saturated carbocycles. The van der Waals surface area contributed by atoms with E-state index < -0.39 is 0 Å². The minimum absolute atomic E-state index is 0.0787. The molecule has 2 aromatic rings. The molecule has 1 amide bonds. The van der Waals surface area contributed by atoms with E-state index in [0.717, 1.165) is 17.9 Å². The predicted molar refractivity (Wildman–Crippen MR) is 71.7 cm³/mol. The van der Waals surface area contributed by atoms with Crippen LogP contribution in [0.2, 0.25) is 5.02 Å². The van der Waals surface area contributed by atoms with Crippen LogP contribution in [-0.4, -0.2) is 15.5 Å². The van der Waals surface area contributed by atoms with Crippen LogP contribution in [0.4, 0.5) is 5.69 Å². The van der Waals surface area contributed by atoms with Gasteiger partial charge in [0.25, 0.3) is 0 Å². The zero-order chi connectivity index (χ0) is 13.0. The maximum Gasteiger partial charge on any atom is 0.244 e. The molecule has 0 radical (unpaired) electrons. The van der Waals surface area contributed by atoms with Gasteiger partial charge in [-0.15, -0.1) is 0 Å². The number of aromatic nitrogens is 2. The maximum absolute atomic E-state index is 11.8. The second-order valence-corrected chi connectivity index (χ2v) is 4.32. The Morgan fingerprint density at radius 2 is 2.11 bits per heavy atom. The second kappa shape index (κ2) is 5.69. The molecule has 1 aromatic carbocycles. The van der Waals surface area contributed by atoms with Crippen molar-refractivity contribution in [1.82, 2.24) is 9.55 Å². The Morgan fingerprint density at radius 3 is 2.78 bits per heavy atom. The van der Waals surface area contributed by atoms with Crippen LogP contribution < -0.4 is 5.32 Å². The summed E-state index contributed by atoms with van der Waals surface area (Å²) in [5.74, 6) is 0.825. The van der Waals surface area contributed by atoms with E-state index in [4.69, 9.17) is 11.6 Å². The molecule has 1 N–H and O–H groups in total. The molecule has 0 saturated heterocycles. The van der Waals surface area contributed by atoms with E-state index in [1.165, 1.54) is 0 Å². The fourth-order valence-corrected chi connectivity index (χ4v) is 1.81. The largest absolute Gasteiger partial charge is 0.326 e. The third-order valence-electron chi connectivity index (χ3n) is 2.56. The first-order valence-electron chi connectivity index (χ1n) is 5.74. The fraction of sp³-hybridized carbons (Fsp3) is 0.231. The normalized spacial score (nSPS) is 10.3. The Labute approximate surface area is 111 Å². The zero-order valence-corrected chi connectivity index (χ0v) is 10.8. The molecular weight excluding hydrogens is 250 g/mol. The molecule has 94 valence electrons. The molecule has 5 heteroatoms. The summed E-state index contributed by atoms with van der Waals surface area (Å²) in [5.41, 5.74) is 0.738. The van der Waals surface area contributed by atoms with Gasteiger partial charge in [-0.05, 0) is 24.3 Å². The number of nitrogens with zero attached hydrogens (tertiary/aromatic N) is 2.